The van der Waals surface area contributed by atoms with E-state index in [0.29, 0.717) is 23.3 Å². The molecule has 5 rings (SSSR count). The fraction of sp³-hybridized carbons (Fsp3) is 0.444. The zero-order valence-electron chi connectivity index (χ0n) is 19.1. The molecule has 180 valence electrons. The van der Waals surface area contributed by atoms with Crippen molar-refractivity contribution in [1.82, 2.24) is 4.98 Å². The molecule has 1 fully saturated rings. The summed E-state index contributed by atoms with van der Waals surface area (Å²) in [6.07, 6.45) is 1.32. The number of ether oxygens (including phenoxy) is 2. The maximum atomic E-state index is 13.8. The second kappa shape index (κ2) is 9.01. The molecule has 2 aromatic carbocycles. The Morgan fingerprint density at radius 1 is 1.09 bits per heavy atom. The fourth-order valence-electron chi connectivity index (χ4n) is 5.60. The summed E-state index contributed by atoms with van der Waals surface area (Å²) in [5.74, 6) is 0.489. The van der Waals surface area contributed by atoms with Gasteiger partial charge in [0.05, 0.1) is 19.1 Å². The Hall–Kier alpha value is -2.96. The monoisotopic (exact) mass is 471 g/mol. The number of nitrogens with one attached hydrogen (secondary N) is 1. The third kappa shape index (κ3) is 4.40. The first-order valence-corrected chi connectivity index (χ1v) is 11.9. The van der Waals surface area contributed by atoms with E-state index in [9.17, 15) is 18.0 Å². The van der Waals surface area contributed by atoms with Crippen molar-refractivity contribution in [1.29, 1.82) is 0 Å². The predicted octanol–water partition coefficient (Wildman–Crippen LogP) is 7.02. The van der Waals surface area contributed by atoms with Crippen LogP contribution in [-0.4, -0.2) is 18.1 Å². The summed E-state index contributed by atoms with van der Waals surface area (Å²) >= 11 is 0. The van der Waals surface area contributed by atoms with E-state index in [1.165, 1.54) is 18.7 Å². The molecule has 1 aromatic heterocycles. The van der Waals surface area contributed by atoms with Crippen LogP contribution in [0.3, 0.4) is 0 Å². The highest BCUT2D eigenvalue weighted by Gasteiger charge is 2.36. The van der Waals surface area contributed by atoms with Crippen LogP contribution in [0.25, 0.3) is 10.9 Å². The Labute approximate surface area is 196 Å². The zero-order valence-corrected chi connectivity index (χ0v) is 19.1. The van der Waals surface area contributed by atoms with Crippen molar-refractivity contribution in [3.05, 3.63) is 64.3 Å². The molecule has 0 saturated heterocycles. The molecular formula is C27H28F3NO3. The van der Waals surface area contributed by atoms with Gasteiger partial charge in [-0.15, -0.1) is 0 Å². The Morgan fingerprint density at radius 3 is 2.62 bits per heavy atom. The molecular weight excluding hydrogens is 443 g/mol. The van der Waals surface area contributed by atoms with Gasteiger partial charge in [-0.2, -0.15) is 13.2 Å². The summed E-state index contributed by atoms with van der Waals surface area (Å²) < 4.78 is 52.0. The van der Waals surface area contributed by atoms with Gasteiger partial charge in [-0.05, 0) is 72.6 Å². The van der Waals surface area contributed by atoms with E-state index >= 15 is 0 Å². The minimum absolute atomic E-state index is 0.00676. The zero-order chi connectivity index (χ0) is 23.9. The molecule has 1 unspecified atom stereocenters. The van der Waals surface area contributed by atoms with Crippen LogP contribution in [-0.2, 0) is 28.7 Å². The van der Waals surface area contributed by atoms with E-state index < -0.39 is 11.7 Å². The van der Waals surface area contributed by atoms with E-state index in [2.05, 4.69) is 4.98 Å². The van der Waals surface area contributed by atoms with Gasteiger partial charge in [-0.3, -0.25) is 4.79 Å². The number of aromatic amines is 1. The first-order valence-electron chi connectivity index (χ1n) is 11.9. The molecule has 3 aromatic rings. The smallest absolute Gasteiger partial charge is 0.416 e. The van der Waals surface area contributed by atoms with Crippen molar-refractivity contribution in [3.8, 4) is 5.75 Å². The summed E-state index contributed by atoms with van der Waals surface area (Å²) in [5, 5.41) is 1.03. The largest absolute Gasteiger partial charge is 0.489 e. The number of aromatic nitrogens is 1. The van der Waals surface area contributed by atoms with Crippen molar-refractivity contribution < 1.29 is 27.4 Å². The number of alkyl halides is 3. The Kier molecular flexibility index (Phi) is 6.04. The van der Waals surface area contributed by atoms with Gasteiger partial charge in [0, 0.05) is 22.5 Å². The first-order chi connectivity index (χ1) is 16.3. The normalized spacial score (nSPS) is 18.4. The Balaban J connectivity index is 1.35. The molecule has 2 aliphatic carbocycles. The topological polar surface area (TPSA) is 51.3 Å². The summed E-state index contributed by atoms with van der Waals surface area (Å²) in [6, 6.07) is 10.3. The third-order valence-electron chi connectivity index (χ3n) is 7.33. The van der Waals surface area contributed by atoms with Crippen LogP contribution in [0.5, 0.6) is 5.75 Å². The number of rotatable bonds is 6. The molecule has 0 bridgehead atoms. The molecule has 1 N–H and O–H groups in total. The highest BCUT2D eigenvalue weighted by Crippen LogP contribution is 2.43. The third-order valence-corrected chi connectivity index (χ3v) is 7.33. The van der Waals surface area contributed by atoms with E-state index in [-0.39, 0.29) is 24.4 Å². The standard InChI is InChI=1S/C27H28F3NO3/c1-33-25(32)13-18-7-10-21-22-14-19(8-11-24(22)31-26(18)21)34-15-16-6-9-20(17-4-2-3-5-17)23(12-16)27(28,29)30/h6,8-9,11-12,14,17-18,31H,2-5,7,10,13,15H2,1H3. The molecule has 0 spiro atoms. The number of methoxy groups -OCH3 is 1. The SMILES string of the molecule is COC(=O)CC1CCc2c1[nH]c1ccc(OCc3ccc(C4CCCC4)c(C(F)(F)F)c3)cc21. The number of benzene rings is 2. The number of esters is 1. The van der Waals surface area contributed by atoms with Gasteiger partial charge in [-0.25, -0.2) is 0 Å². The van der Waals surface area contributed by atoms with Crippen LogP contribution in [0.15, 0.2) is 36.4 Å². The number of hydrogen-bond donors (Lipinski definition) is 1. The summed E-state index contributed by atoms with van der Waals surface area (Å²) in [7, 11) is 1.40. The maximum Gasteiger partial charge on any atom is 0.416 e. The van der Waals surface area contributed by atoms with Crippen molar-refractivity contribution in [2.75, 3.05) is 7.11 Å². The van der Waals surface area contributed by atoms with Gasteiger partial charge in [0.1, 0.15) is 12.4 Å². The first kappa shape index (κ1) is 22.8. The quantitative estimate of drug-likeness (QED) is 0.393. The van der Waals surface area contributed by atoms with Crippen LogP contribution in [0, 0.1) is 0 Å². The lowest BCUT2D eigenvalue weighted by Gasteiger charge is -2.19. The Morgan fingerprint density at radius 2 is 1.88 bits per heavy atom. The fourth-order valence-corrected chi connectivity index (χ4v) is 5.60. The average molecular weight is 472 g/mol. The van der Waals surface area contributed by atoms with Gasteiger partial charge in [0.25, 0.3) is 0 Å². The molecule has 0 aliphatic heterocycles. The number of carbonyl (C=O) groups is 1. The van der Waals surface area contributed by atoms with Crippen LogP contribution in [0.2, 0.25) is 0 Å². The lowest BCUT2D eigenvalue weighted by molar-refractivity contribution is -0.141. The van der Waals surface area contributed by atoms with Gasteiger partial charge in [0.15, 0.2) is 0 Å². The minimum Gasteiger partial charge on any atom is -0.489 e. The van der Waals surface area contributed by atoms with Gasteiger partial charge < -0.3 is 14.5 Å². The molecule has 0 radical (unpaired) electrons. The highest BCUT2D eigenvalue weighted by atomic mass is 19.4. The van der Waals surface area contributed by atoms with Crippen LogP contribution in [0.4, 0.5) is 13.2 Å². The molecule has 1 atom stereocenters. The lowest BCUT2D eigenvalue weighted by Crippen LogP contribution is -2.12. The molecule has 4 nitrogen and oxygen atoms in total. The number of fused-ring (bicyclic) bond motifs is 3. The minimum atomic E-state index is -4.38. The number of aryl methyl sites for hydroxylation is 1. The van der Waals surface area contributed by atoms with Crippen molar-refractivity contribution in [2.24, 2.45) is 0 Å². The van der Waals surface area contributed by atoms with Crippen molar-refractivity contribution in [2.45, 2.75) is 69.6 Å². The average Bonchev–Trinajstić information content (AvgIpc) is 3.55. The summed E-state index contributed by atoms with van der Waals surface area (Å²) in [4.78, 5) is 15.1. The second-order valence-corrected chi connectivity index (χ2v) is 9.43. The van der Waals surface area contributed by atoms with E-state index in [1.807, 2.05) is 18.2 Å². The highest BCUT2D eigenvalue weighted by molar-refractivity contribution is 5.87. The van der Waals surface area contributed by atoms with E-state index in [0.717, 1.165) is 55.1 Å². The van der Waals surface area contributed by atoms with Crippen LogP contribution in [0.1, 0.15) is 78.3 Å². The number of carbonyl (C=O) groups excluding carboxylic acids is 1. The Bertz CT molecular complexity index is 1210. The summed E-state index contributed by atoms with van der Waals surface area (Å²) in [5.41, 5.74) is 3.60. The lowest BCUT2D eigenvalue weighted by atomic mass is 9.91. The molecule has 1 heterocycles. The van der Waals surface area contributed by atoms with Gasteiger partial charge >= 0.3 is 12.1 Å². The summed E-state index contributed by atoms with van der Waals surface area (Å²) in [6.45, 7) is 0.0666. The number of halogens is 3. The predicted molar refractivity (Wildman–Crippen MR) is 123 cm³/mol. The second-order valence-electron chi connectivity index (χ2n) is 9.43. The van der Waals surface area contributed by atoms with E-state index in [4.69, 9.17) is 9.47 Å². The van der Waals surface area contributed by atoms with Crippen LogP contribution >= 0.6 is 0 Å². The van der Waals surface area contributed by atoms with E-state index in [1.54, 1.807) is 12.1 Å². The molecule has 0 amide bonds. The number of hydrogen-bond acceptors (Lipinski definition) is 3. The molecule has 7 heteroatoms. The van der Waals surface area contributed by atoms with Crippen LogP contribution < -0.4 is 4.74 Å². The van der Waals surface area contributed by atoms with Gasteiger partial charge in [0.2, 0.25) is 0 Å². The maximum absolute atomic E-state index is 13.8. The van der Waals surface area contributed by atoms with Crippen molar-refractivity contribution >= 4 is 16.9 Å². The number of H-pyrrole nitrogens is 1. The van der Waals surface area contributed by atoms with Gasteiger partial charge in [-0.1, -0.05) is 25.0 Å². The molecule has 34 heavy (non-hydrogen) atoms. The molecule has 1 saturated carbocycles. The van der Waals surface area contributed by atoms with Crippen molar-refractivity contribution in [3.63, 3.8) is 0 Å². The molecule has 2 aliphatic rings.